The minimum atomic E-state index is -0.973. The number of terminal acetylenes is 1. The van der Waals surface area contributed by atoms with Crippen molar-refractivity contribution in [2.45, 2.75) is 18.9 Å². The predicted octanol–water partition coefficient (Wildman–Crippen LogP) is 0.845. The molecule has 0 heterocycles. The summed E-state index contributed by atoms with van der Waals surface area (Å²) in [6, 6.07) is 7.97. The molecule has 5 heteroatoms. The molecule has 0 bridgehead atoms. The number of aliphatic carboxylic acids is 1. The van der Waals surface area contributed by atoms with E-state index in [-0.39, 0.29) is 25.3 Å². The van der Waals surface area contributed by atoms with Crippen molar-refractivity contribution in [2.75, 3.05) is 11.4 Å². The zero-order valence-corrected chi connectivity index (χ0v) is 10.5. The molecule has 0 saturated heterocycles. The lowest BCUT2D eigenvalue weighted by molar-refractivity contribution is -0.136. The number of hydrogen-bond donors (Lipinski definition) is 2. The third-order valence-corrected chi connectivity index (χ3v) is 2.54. The molecule has 0 radical (unpaired) electrons. The van der Waals surface area contributed by atoms with Gasteiger partial charge in [0.2, 0.25) is 5.91 Å². The third kappa shape index (κ3) is 4.45. The van der Waals surface area contributed by atoms with Crippen LogP contribution in [0.1, 0.15) is 12.8 Å². The van der Waals surface area contributed by atoms with Gasteiger partial charge in [0.1, 0.15) is 0 Å². The molecule has 1 rings (SSSR count). The third-order valence-electron chi connectivity index (χ3n) is 2.54. The van der Waals surface area contributed by atoms with Crippen LogP contribution >= 0.6 is 0 Å². The molecule has 0 aliphatic carbocycles. The van der Waals surface area contributed by atoms with Crippen LogP contribution in [0.3, 0.4) is 0 Å². The maximum absolute atomic E-state index is 12.2. The Morgan fingerprint density at radius 2 is 2.00 bits per heavy atom. The van der Waals surface area contributed by atoms with Crippen LogP contribution in [0.4, 0.5) is 5.69 Å². The van der Waals surface area contributed by atoms with Crippen LogP contribution in [-0.2, 0) is 9.59 Å². The second-order valence-electron chi connectivity index (χ2n) is 3.98. The van der Waals surface area contributed by atoms with Gasteiger partial charge in [0.25, 0.3) is 0 Å². The number of nitrogens with two attached hydrogens (primary N) is 1. The average molecular weight is 260 g/mol. The molecule has 0 aliphatic heterocycles. The summed E-state index contributed by atoms with van der Waals surface area (Å²) in [5, 5.41) is 8.73. The highest BCUT2D eigenvalue weighted by molar-refractivity contribution is 5.97. The zero-order chi connectivity index (χ0) is 14.3. The molecule has 100 valence electrons. The van der Waals surface area contributed by atoms with Gasteiger partial charge in [-0.05, 0) is 12.1 Å². The van der Waals surface area contributed by atoms with Crippen LogP contribution < -0.4 is 10.6 Å². The molecule has 0 spiro atoms. The van der Waals surface area contributed by atoms with Crippen molar-refractivity contribution in [1.29, 1.82) is 0 Å². The number of benzene rings is 1. The topological polar surface area (TPSA) is 83.6 Å². The fourth-order valence-corrected chi connectivity index (χ4v) is 1.60. The number of carboxylic acid groups (broad SMARTS) is 1. The van der Waals surface area contributed by atoms with E-state index >= 15 is 0 Å². The van der Waals surface area contributed by atoms with Gasteiger partial charge in [0.05, 0.1) is 12.5 Å². The molecular weight excluding hydrogens is 244 g/mol. The van der Waals surface area contributed by atoms with Gasteiger partial charge < -0.3 is 15.7 Å². The maximum atomic E-state index is 12.2. The Morgan fingerprint density at radius 3 is 2.53 bits per heavy atom. The van der Waals surface area contributed by atoms with Crippen molar-refractivity contribution in [2.24, 2.45) is 5.73 Å². The Kier molecular flexibility index (Phi) is 5.58. The summed E-state index contributed by atoms with van der Waals surface area (Å²) < 4.78 is 0. The van der Waals surface area contributed by atoms with Gasteiger partial charge in [-0.2, -0.15) is 0 Å². The van der Waals surface area contributed by atoms with E-state index in [9.17, 15) is 9.59 Å². The van der Waals surface area contributed by atoms with Crippen LogP contribution in [0.25, 0.3) is 0 Å². The standard InChI is InChI=1S/C14H16N2O3/c1-2-6-12(15)14(19)16(10-9-13(17)18)11-7-4-3-5-8-11/h1,3-5,7-8,12H,6,9-10,15H2,(H,17,18). The van der Waals surface area contributed by atoms with Crippen molar-refractivity contribution in [3.8, 4) is 12.3 Å². The monoisotopic (exact) mass is 260 g/mol. The van der Waals surface area contributed by atoms with Crippen molar-refractivity contribution < 1.29 is 14.7 Å². The lowest BCUT2D eigenvalue weighted by atomic mass is 10.1. The molecule has 1 amide bonds. The Morgan fingerprint density at radius 1 is 1.37 bits per heavy atom. The molecule has 0 fully saturated rings. The Bertz CT molecular complexity index is 479. The first-order valence-corrected chi connectivity index (χ1v) is 5.83. The smallest absolute Gasteiger partial charge is 0.305 e. The SMILES string of the molecule is C#CCC(N)C(=O)N(CCC(=O)O)c1ccccc1. The molecule has 1 unspecified atom stereocenters. The van der Waals surface area contributed by atoms with E-state index in [1.165, 1.54) is 4.90 Å². The number of carbonyl (C=O) groups is 2. The van der Waals surface area contributed by atoms with E-state index in [1.54, 1.807) is 24.3 Å². The molecule has 3 N–H and O–H groups in total. The summed E-state index contributed by atoms with van der Waals surface area (Å²) in [5.41, 5.74) is 6.30. The highest BCUT2D eigenvalue weighted by Gasteiger charge is 2.22. The highest BCUT2D eigenvalue weighted by Crippen LogP contribution is 2.15. The number of anilines is 1. The average Bonchev–Trinajstić information content (AvgIpc) is 2.40. The lowest BCUT2D eigenvalue weighted by Gasteiger charge is -2.24. The number of carboxylic acids is 1. The Labute approximate surface area is 112 Å². The van der Waals surface area contributed by atoms with E-state index in [4.69, 9.17) is 17.3 Å². The van der Waals surface area contributed by atoms with Crippen LogP contribution in [0.15, 0.2) is 30.3 Å². The van der Waals surface area contributed by atoms with E-state index < -0.39 is 12.0 Å². The Hall–Kier alpha value is -2.32. The predicted molar refractivity (Wildman–Crippen MR) is 72.5 cm³/mol. The van der Waals surface area contributed by atoms with Crippen molar-refractivity contribution in [1.82, 2.24) is 0 Å². The number of para-hydroxylation sites is 1. The highest BCUT2D eigenvalue weighted by atomic mass is 16.4. The first-order valence-electron chi connectivity index (χ1n) is 5.83. The molecule has 1 aromatic carbocycles. The van der Waals surface area contributed by atoms with E-state index in [0.717, 1.165) is 0 Å². The van der Waals surface area contributed by atoms with Crippen molar-refractivity contribution in [3.05, 3.63) is 30.3 Å². The second-order valence-corrected chi connectivity index (χ2v) is 3.98. The summed E-state index contributed by atoms with van der Waals surface area (Å²) in [5.74, 6) is 0.988. The lowest BCUT2D eigenvalue weighted by Crippen LogP contribution is -2.44. The summed E-state index contributed by atoms with van der Waals surface area (Å²) in [6.07, 6.45) is 5.10. The van der Waals surface area contributed by atoms with E-state index in [2.05, 4.69) is 5.92 Å². The van der Waals surface area contributed by atoms with Gasteiger partial charge in [-0.1, -0.05) is 18.2 Å². The quantitative estimate of drug-likeness (QED) is 0.742. The molecule has 1 atom stereocenters. The van der Waals surface area contributed by atoms with Crippen LogP contribution in [0, 0.1) is 12.3 Å². The normalized spacial score (nSPS) is 11.4. The molecule has 0 saturated carbocycles. The largest absolute Gasteiger partial charge is 0.481 e. The van der Waals surface area contributed by atoms with Gasteiger partial charge in [0.15, 0.2) is 0 Å². The summed E-state index contributed by atoms with van der Waals surface area (Å²) >= 11 is 0. The van der Waals surface area contributed by atoms with Gasteiger partial charge in [-0.25, -0.2) is 0 Å². The van der Waals surface area contributed by atoms with Gasteiger partial charge in [-0.3, -0.25) is 9.59 Å². The molecule has 0 aliphatic rings. The maximum Gasteiger partial charge on any atom is 0.305 e. The molecule has 0 aromatic heterocycles. The van der Waals surface area contributed by atoms with E-state index in [0.29, 0.717) is 5.69 Å². The van der Waals surface area contributed by atoms with Gasteiger partial charge in [-0.15, -0.1) is 12.3 Å². The minimum absolute atomic E-state index is 0.0659. The molecule has 1 aromatic rings. The molecule has 19 heavy (non-hydrogen) atoms. The molecule has 5 nitrogen and oxygen atoms in total. The first-order chi connectivity index (χ1) is 9.06. The number of amides is 1. The number of hydrogen-bond acceptors (Lipinski definition) is 3. The zero-order valence-electron chi connectivity index (χ0n) is 10.5. The number of carbonyl (C=O) groups excluding carboxylic acids is 1. The first kappa shape index (κ1) is 14.7. The second kappa shape index (κ2) is 7.19. The number of rotatable bonds is 6. The number of nitrogens with zero attached hydrogens (tertiary/aromatic N) is 1. The fraction of sp³-hybridized carbons (Fsp3) is 0.286. The van der Waals surface area contributed by atoms with Gasteiger partial charge >= 0.3 is 5.97 Å². The van der Waals surface area contributed by atoms with Crippen molar-refractivity contribution >= 4 is 17.6 Å². The van der Waals surface area contributed by atoms with Crippen LogP contribution in [-0.4, -0.2) is 29.6 Å². The van der Waals surface area contributed by atoms with E-state index in [1.807, 2.05) is 6.07 Å². The summed E-state index contributed by atoms with van der Waals surface area (Å²) in [4.78, 5) is 24.2. The Balaban J connectivity index is 2.89. The van der Waals surface area contributed by atoms with Crippen LogP contribution in [0.2, 0.25) is 0 Å². The van der Waals surface area contributed by atoms with Crippen LogP contribution in [0.5, 0.6) is 0 Å². The summed E-state index contributed by atoms with van der Waals surface area (Å²) in [7, 11) is 0. The van der Waals surface area contributed by atoms with Gasteiger partial charge in [0, 0.05) is 18.7 Å². The molecular formula is C14H16N2O3. The minimum Gasteiger partial charge on any atom is -0.481 e. The fourth-order valence-electron chi connectivity index (χ4n) is 1.60. The van der Waals surface area contributed by atoms with Crippen molar-refractivity contribution in [3.63, 3.8) is 0 Å². The summed E-state index contributed by atoms with van der Waals surface area (Å²) in [6.45, 7) is 0.0659.